The lowest BCUT2D eigenvalue weighted by Crippen LogP contribution is -2.29. The summed E-state index contributed by atoms with van der Waals surface area (Å²) in [5, 5.41) is 0. The van der Waals surface area contributed by atoms with E-state index in [1.54, 1.807) is 17.8 Å². The first-order valence-corrected chi connectivity index (χ1v) is 10.2. The first-order valence-electron chi connectivity index (χ1n) is 9.33. The molecular formula is C21H25F3N2S. The van der Waals surface area contributed by atoms with Crippen LogP contribution in [0.4, 0.5) is 24.5 Å². The molecule has 6 heteroatoms. The third-order valence-corrected chi connectivity index (χ3v) is 6.32. The molecule has 0 saturated heterocycles. The van der Waals surface area contributed by atoms with Gasteiger partial charge in [-0.25, -0.2) is 0 Å². The number of fused-ring (bicyclic) bond motifs is 2. The Morgan fingerprint density at radius 3 is 2.44 bits per heavy atom. The Hall–Kier alpha value is -1.66. The molecule has 146 valence electrons. The van der Waals surface area contributed by atoms with Crippen LogP contribution in [0.15, 0.2) is 46.2 Å². The molecule has 2 nitrogen and oxygen atoms in total. The summed E-state index contributed by atoms with van der Waals surface area (Å²) in [5.41, 5.74) is 2.22. The Labute approximate surface area is 163 Å². The van der Waals surface area contributed by atoms with E-state index in [-0.39, 0.29) is 0 Å². The molecule has 3 rings (SSSR count). The fourth-order valence-electron chi connectivity index (χ4n) is 3.45. The lowest BCUT2D eigenvalue weighted by molar-refractivity contribution is -0.137. The molecule has 1 heterocycles. The molecule has 0 radical (unpaired) electrons. The van der Waals surface area contributed by atoms with E-state index in [4.69, 9.17) is 0 Å². The van der Waals surface area contributed by atoms with Gasteiger partial charge in [0.15, 0.2) is 0 Å². The Kier molecular flexibility index (Phi) is 6.06. The zero-order valence-corrected chi connectivity index (χ0v) is 16.8. The van der Waals surface area contributed by atoms with Crippen LogP contribution < -0.4 is 4.90 Å². The Morgan fingerprint density at radius 2 is 1.78 bits per heavy atom. The molecule has 2 aromatic rings. The van der Waals surface area contributed by atoms with Gasteiger partial charge in [-0.2, -0.15) is 13.2 Å². The van der Waals surface area contributed by atoms with E-state index in [1.165, 1.54) is 12.1 Å². The Morgan fingerprint density at radius 1 is 1.04 bits per heavy atom. The van der Waals surface area contributed by atoms with Crippen molar-refractivity contribution in [3.63, 3.8) is 0 Å². The Balaban J connectivity index is 1.96. The highest BCUT2D eigenvalue weighted by Gasteiger charge is 2.33. The molecule has 27 heavy (non-hydrogen) atoms. The molecule has 1 aliphatic heterocycles. The summed E-state index contributed by atoms with van der Waals surface area (Å²) in [6.07, 6.45) is -3.44. The van der Waals surface area contributed by atoms with Gasteiger partial charge >= 0.3 is 6.18 Å². The minimum atomic E-state index is -4.33. The maximum Gasteiger partial charge on any atom is 0.416 e. The minimum Gasteiger partial charge on any atom is -0.340 e. The molecule has 0 fully saturated rings. The van der Waals surface area contributed by atoms with Crippen LogP contribution in [-0.2, 0) is 6.18 Å². The van der Waals surface area contributed by atoms with Crippen molar-refractivity contribution in [1.29, 1.82) is 0 Å². The molecule has 0 atom stereocenters. The topological polar surface area (TPSA) is 6.48 Å². The number of hydrogen-bond donors (Lipinski definition) is 0. The number of halogens is 3. The van der Waals surface area contributed by atoms with Crippen molar-refractivity contribution >= 4 is 23.1 Å². The van der Waals surface area contributed by atoms with Gasteiger partial charge < -0.3 is 9.80 Å². The summed E-state index contributed by atoms with van der Waals surface area (Å²) < 4.78 is 39.8. The summed E-state index contributed by atoms with van der Waals surface area (Å²) in [5.74, 6) is 0. The van der Waals surface area contributed by atoms with Crippen LogP contribution in [0.1, 0.15) is 31.4 Å². The molecule has 0 amide bonds. The third kappa shape index (κ3) is 4.27. The smallest absolute Gasteiger partial charge is 0.340 e. The first kappa shape index (κ1) is 20.1. The van der Waals surface area contributed by atoms with Crippen LogP contribution in [0.3, 0.4) is 0 Å². The van der Waals surface area contributed by atoms with Crippen molar-refractivity contribution in [2.24, 2.45) is 0 Å². The van der Waals surface area contributed by atoms with E-state index in [0.29, 0.717) is 12.2 Å². The zero-order chi connectivity index (χ0) is 19.6. The number of nitrogens with zero attached hydrogens (tertiary/aromatic N) is 2. The normalized spacial score (nSPS) is 13.7. The SMILES string of the molecule is CCN(CC)CCCN1c2cc(C(F)(F)F)ccc2Sc2c(C)cccc21. The molecule has 0 aromatic heterocycles. The van der Waals surface area contributed by atoms with Crippen molar-refractivity contribution in [3.05, 3.63) is 47.5 Å². The van der Waals surface area contributed by atoms with E-state index in [2.05, 4.69) is 36.6 Å². The van der Waals surface area contributed by atoms with Crippen LogP contribution >= 0.6 is 11.8 Å². The number of benzene rings is 2. The molecule has 0 bridgehead atoms. The molecule has 0 aliphatic carbocycles. The highest BCUT2D eigenvalue weighted by molar-refractivity contribution is 7.99. The van der Waals surface area contributed by atoms with Gasteiger partial charge in [0.1, 0.15) is 0 Å². The first-order chi connectivity index (χ1) is 12.8. The minimum absolute atomic E-state index is 0.591. The quantitative estimate of drug-likeness (QED) is 0.564. The molecule has 0 saturated carbocycles. The second-order valence-electron chi connectivity index (χ2n) is 6.74. The number of rotatable bonds is 6. The molecule has 0 unspecified atom stereocenters. The van der Waals surface area contributed by atoms with Crippen LogP contribution in [0.25, 0.3) is 0 Å². The van der Waals surface area contributed by atoms with Crippen LogP contribution in [0.2, 0.25) is 0 Å². The Bertz CT molecular complexity index is 800. The van der Waals surface area contributed by atoms with Gasteiger partial charge in [0.2, 0.25) is 0 Å². The molecule has 2 aromatic carbocycles. The largest absolute Gasteiger partial charge is 0.416 e. The van der Waals surface area contributed by atoms with Crippen LogP contribution in [0, 0.1) is 6.92 Å². The fourth-order valence-corrected chi connectivity index (χ4v) is 4.59. The standard InChI is InChI=1S/C21H25F3N2S/c1-4-25(5-2)12-7-13-26-17-9-6-8-15(3)20(17)27-19-11-10-16(14-18(19)26)21(22,23)24/h6,8-11,14H,4-5,7,12-13H2,1-3H3. The van der Waals surface area contributed by atoms with E-state index in [9.17, 15) is 13.2 Å². The number of anilines is 2. The average molecular weight is 395 g/mol. The summed E-state index contributed by atoms with van der Waals surface area (Å²) in [4.78, 5) is 6.41. The maximum absolute atomic E-state index is 13.3. The van der Waals surface area contributed by atoms with Gasteiger partial charge in [0.25, 0.3) is 0 Å². The van der Waals surface area contributed by atoms with Gasteiger partial charge in [-0.1, -0.05) is 37.7 Å². The van der Waals surface area contributed by atoms with Crippen molar-refractivity contribution < 1.29 is 13.2 Å². The highest BCUT2D eigenvalue weighted by Crippen LogP contribution is 2.50. The zero-order valence-electron chi connectivity index (χ0n) is 15.9. The summed E-state index contributed by atoms with van der Waals surface area (Å²) in [7, 11) is 0. The average Bonchev–Trinajstić information content (AvgIpc) is 2.64. The van der Waals surface area contributed by atoms with Gasteiger partial charge in [0, 0.05) is 16.3 Å². The second-order valence-corrected chi connectivity index (χ2v) is 7.79. The summed E-state index contributed by atoms with van der Waals surface area (Å²) in [6, 6.07) is 10.1. The van der Waals surface area contributed by atoms with Crippen LogP contribution in [-0.4, -0.2) is 31.1 Å². The number of alkyl halides is 3. The van der Waals surface area contributed by atoms with Crippen molar-refractivity contribution in [3.8, 4) is 0 Å². The van der Waals surface area contributed by atoms with Gasteiger partial charge in [-0.05, 0) is 62.8 Å². The number of aryl methyl sites for hydroxylation is 1. The van der Waals surface area contributed by atoms with E-state index in [1.807, 2.05) is 12.1 Å². The number of hydrogen-bond acceptors (Lipinski definition) is 3. The molecule has 0 N–H and O–H groups in total. The van der Waals surface area contributed by atoms with E-state index >= 15 is 0 Å². The molecule has 0 spiro atoms. The monoisotopic (exact) mass is 394 g/mol. The van der Waals surface area contributed by atoms with E-state index in [0.717, 1.165) is 47.1 Å². The van der Waals surface area contributed by atoms with Crippen molar-refractivity contribution in [2.75, 3.05) is 31.1 Å². The van der Waals surface area contributed by atoms with Gasteiger partial charge in [-0.3, -0.25) is 0 Å². The van der Waals surface area contributed by atoms with Crippen molar-refractivity contribution in [2.45, 2.75) is 43.2 Å². The lowest BCUT2D eigenvalue weighted by Gasteiger charge is -2.34. The third-order valence-electron chi connectivity index (χ3n) is 5.02. The molecule has 1 aliphatic rings. The summed E-state index contributed by atoms with van der Waals surface area (Å²) >= 11 is 1.56. The molecular weight excluding hydrogens is 369 g/mol. The van der Waals surface area contributed by atoms with Gasteiger partial charge in [0.05, 0.1) is 16.9 Å². The van der Waals surface area contributed by atoms with E-state index < -0.39 is 11.7 Å². The summed E-state index contributed by atoms with van der Waals surface area (Å²) in [6.45, 7) is 9.91. The predicted molar refractivity (Wildman–Crippen MR) is 106 cm³/mol. The second kappa shape index (κ2) is 8.15. The predicted octanol–water partition coefficient (Wildman–Crippen LogP) is 6.35. The lowest BCUT2D eigenvalue weighted by atomic mass is 10.1. The van der Waals surface area contributed by atoms with Crippen molar-refractivity contribution in [1.82, 2.24) is 4.90 Å². The fraction of sp³-hybridized carbons (Fsp3) is 0.429. The maximum atomic E-state index is 13.3. The van der Waals surface area contributed by atoms with Gasteiger partial charge in [-0.15, -0.1) is 0 Å². The highest BCUT2D eigenvalue weighted by atomic mass is 32.2. The van der Waals surface area contributed by atoms with Crippen LogP contribution in [0.5, 0.6) is 0 Å².